The standard InChI is InChI=1S/C22H17N3O7/c1-31-18-9-5-16(6-10-18)22(28)32-20-11-2-14(12-19(20)25(29)30)13-23-24-21(27)15-3-7-17(26)8-4-15/h2-13,26H,1H3,(H,24,27)/b23-13-. The number of nitrogens with one attached hydrogen (secondary N) is 1. The van der Waals surface area contributed by atoms with Crippen LogP contribution in [0.15, 0.2) is 71.8 Å². The highest BCUT2D eigenvalue weighted by molar-refractivity contribution is 5.95. The molecule has 1 amide bonds. The molecule has 0 radical (unpaired) electrons. The van der Waals surface area contributed by atoms with Gasteiger partial charge in [0.2, 0.25) is 5.75 Å². The van der Waals surface area contributed by atoms with Crippen molar-refractivity contribution in [1.29, 1.82) is 0 Å². The van der Waals surface area contributed by atoms with Gasteiger partial charge in [0.05, 0.1) is 23.8 Å². The molecule has 0 heterocycles. The van der Waals surface area contributed by atoms with Crippen molar-refractivity contribution in [3.8, 4) is 17.2 Å². The zero-order valence-electron chi connectivity index (χ0n) is 16.7. The van der Waals surface area contributed by atoms with E-state index in [1.54, 1.807) is 12.1 Å². The number of hydrogen-bond acceptors (Lipinski definition) is 8. The average molecular weight is 435 g/mol. The molecule has 2 N–H and O–H groups in total. The molecule has 0 aliphatic heterocycles. The van der Waals surface area contributed by atoms with Crippen molar-refractivity contribution in [2.45, 2.75) is 0 Å². The van der Waals surface area contributed by atoms with E-state index in [9.17, 15) is 24.8 Å². The molecule has 0 saturated carbocycles. The SMILES string of the molecule is COc1ccc(C(=O)Oc2ccc(/C=N\NC(=O)c3ccc(O)cc3)cc2[N+](=O)[O-])cc1. The number of carbonyl (C=O) groups is 2. The Bertz CT molecular complexity index is 1170. The number of rotatable bonds is 7. The third-order valence-electron chi connectivity index (χ3n) is 4.22. The molecule has 0 bridgehead atoms. The van der Waals surface area contributed by atoms with Crippen LogP contribution in [0, 0.1) is 10.1 Å². The van der Waals surface area contributed by atoms with Crippen LogP contribution in [0.2, 0.25) is 0 Å². The van der Waals surface area contributed by atoms with Crippen molar-refractivity contribution in [2.24, 2.45) is 5.10 Å². The number of phenols is 1. The molecule has 3 rings (SSSR count). The number of nitro groups is 1. The van der Waals surface area contributed by atoms with Crippen LogP contribution in [0.1, 0.15) is 26.3 Å². The number of amides is 1. The predicted octanol–water partition coefficient (Wildman–Crippen LogP) is 3.29. The fourth-order valence-corrected chi connectivity index (χ4v) is 2.57. The molecule has 0 fully saturated rings. The number of aromatic hydroxyl groups is 1. The van der Waals surface area contributed by atoms with Gasteiger partial charge in [0, 0.05) is 17.2 Å². The summed E-state index contributed by atoms with van der Waals surface area (Å²) in [6.07, 6.45) is 1.21. The van der Waals surface area contributed by atoms with Gasteiger partial charge in [-0.15, -0.1) is 0 Å². The van der Waals surface area contributed by atoms with Gasteiger partial charge in [-0.1, -0.05) is 0 Å². The van der Waals surface area contributed by atoms with Crippen molar-refractivity contribution < 1.29 is 29.1 Å². The van der Waals surface area contributed by atoms with Crippen LogP contribution in [0.5, 0.6) is 17.2 Å². The number of carbonyl (C=O) groups excluding carboxylic acids is 2. The van der Waals surface area contributed by atoms with Crippen molar-refractivity contribution in [1.82, 2.24) is 5.43 Å². The van der Waals surface area contributed by atoms with Gasteiger partial charge < -0.3 is 14.6 Å². The third-order valence-corrected chi connectivity index (χ3v) is 4.22. The van der Waals surface area contributed by atoms with Crippen molar-refractivity contribution in [2.75, 3.05) is 7.11 Å². The molecule has 3 aromatic rings. The molecule has 3 aromatic carbocycles. The van der Waals surface area contributed by atoms with Gasteiger partial charge in [0.25, 0.3) is 5.91 Å². The summed E-state index contributed by atoms with van der Waals surface area (Å²) in [5.41, 5.74) is 2.60. The van der Waals surface area contributed by atoms with Gasteiger partial charge in [-0.2, -0.15) is 5.10 Å². The Morgan fingerprint density at radius 3 is 2.31 bits per heavy atom. The Kier molecular flexibility index (Phi) is 6.76. The predicted molar refractivity (Wildman–Crippen MR) is 114 cm³/mol. The number of ether oxygens (including phenoxy) is 2. The Morgan fingerprint density at radius 2 is 1.69 bits per heavy atom. The number of phenolic OH excluding ortho intramolecular Hbond substituents is 1. The first-order chi connectivity index (χ1) is 15.4. The van der Waals surface area contributed by atoms with Gasteiger partial charge in [-0.25, -0.2) is 10.2 Å². The molecule has 0 saturated heterocycles. The largest absolute Gasteiger partial charge is 0.508 e. The summed E-state index contributed by atoms with van der Waals surface area (Å²) in [6, 6.07) is 15.5. The van der Waals surface area contributed by atoms with Crippen LogP contribution < -0.4 is 14.9 Å². The fourth-order valence-electron chi connectivity index (χ4n) is 2.57. The number of nitrogens with zero attached hydrogens (tertiary/aromatic N) is 2. The molecule has 0 aliphatic rings. The van der Waals surface area contributed by atoms with Crippen LogP contribution in [0.3, 0.4) is 0 Å². The van der Waals surface area contributed by atoms with E-state index in [2.05, 4.69) is 10.5 Å². The van der Waals surface area contributed by atoms with Gasteiger partial charge in [-0.05, 0) is 60.7 Å². The molecule has 0 unspecified atom stereocenters. The van der Waals surface area contributed by atoms with Gasteiger partial charge in [-0.3, -0.25) is 14.9 Å². The summed E-state index contributed by atoms with van der Waals surface area (Å²) in [4.78, 5) is 35.0. The average Bonchev–Trinajstić information content (AvgIpc) is 2.80. The highest BCUT2D eigenvalue weighted by Gasteiger charge is 2.19. The van der Waals surface area contributed by atoms with Crippen LogP contribution in [0.4, 0.5) is 5.69 Å². The highest BCUT2D eigenvalue weighted by Crippen LogP contribution is 2.28. The summed E-state index contributed by atoms with van der Waals surface area (Å²) in [5, 5.41) is 24.4. The summed E-state index contributed by atoms with van der Waals surface area (Å²) < 4.78 is 10.2. The van der Waals surface area contributed by atoms with Crippen LogP contribution in [-0.4, -0.2) is 35.2 Å². The van der Waals surface area contributed by atoms with E-state index < -0.39 is 22.5 Å². The second kappa shape index (κ2) is 9.85. The molecular formula is C22H17N3O7. The lowest BCUT2D eigenvalue weighted by Gasteiger charge is -2.06. The maximum atomic E-state index is 12.3. The van der Waals surface area contributed by atoms with E-state index in [-0.39, 0.29) is 22.6 Å². The number of methoxy groups -OCH3 is 1. The number of hydrogen-bond donors (Lipinski definition) is 2. The van der Waals surface area contributed by atoms with E-state index in [1.165, 1.54) is 61.9 Å². The minimum absolute atomic E-state index is 0.0186. The van der Waals surface area contributed by atoms with Crippen molar-refractivity contribution >= 4 is 23.8 Å². The van der Waals surface area contributed by atoms with Crippen molar-refractivity contribution in [3.63, 3.8) is 0 Å². The minimum atomic E-state index is -0.765. The van der Waals surface area contributed by atoms with Crippen LogP contribution in [0.25, 0.3) is 0 Å². The zero-order chi connectivity index (χ0) is 23.1. The Hall–Kier alpha value is -4.73. The van der Waals surface area contributed by atoms with E-state index in [0.29, 0.717) is 11.3 Å². The zero-order valence-corrected chi connectivity index (χ0v) is 16.7. The lowest BCUT2D eigenvalue weighted by Crippen LogP contribution is -2.17. The maximum Gasteiger partial charge on any atom is 0.343 e. The van der Waals surface area contributed by atoms with Gasteiger partial charge >= 0.3 is 11.7 Å². The van der Waals surface area contributed by atoms with Crippen molar-refractivity contribution in [3.05, 3.63) is 93.5 Å². The molecule has 0 spiro atoms. The molecule has 0 aromatic heterocycles. The van der Waals surface area contributed by atoms with E-state index in [0.717, 1.165) is 6.07 Å². The minimum Gasteiger partial charge on any atom is -0.508 e. The van der Waals surface area contributed by atoms with E-state index in [1.807, 2.05) is 0 Å². The number of hydrazone groups is 1. The lowest BCUT2D eigenvalue weighted by atomic mass is 10.2. The van der Waals surface area contributed by atoms with Gasteiger partial charge in [0.1, 0.15) is 11.5 Å². The lowest BCUT2D eigenvalue weighted by molar-refractivity contribution is -0.385. The fraction of sp³-hybridized carbons (Fsp3) is 0.0455. The monoisotopic (exact) mass is 435 g/mol. The highest BCUT2D eigenvalue weighted by atomic mass is 16.6. The third kappa shape index (κ3) is 5.45. The number of benzene rings is 3. The summed E-state index contributed by atoms with van der Waals surface area (Å²) >= 11 is 0. The van der Waals surface area contributed by atoms with E-state index in [4.69, 9.17) is 9.47 Å². The molecule has 0 atom stereocenters. The molecular weight excluding hydrogens is 418 g/mol. The number of nitro benzene ring substituents is 1. The first-order valence-electron chi connectivity index (χ1n) is 9.14. The van der Waals surface area contributed by atoms with Gasteiger partial charge in [0.15, 0.2) is 0 Å². The normalized spacial score (nSPS) is 10.5. The van der Waals surface area contributed by atoms with Crippen LogP contribution in [-0.2, 0) is 0 Å². The Balaban J connectivity index is 1.71. The second-order valence-electron chi connectivity index (χ2n) is 6.35. The maximum absolute atomic E-state index is 12.3. The first kappa shape index (κ1) is 22.0. The quantitative estimate of drug-likeness (QED) is 0.191. The summed E-state index contributed by atoms with van der Waals surface area (Å²) in [6.45, 7) is 0. The van der Waals surface area contributed by atoms with E-state index >= 15 is 0 Å². The Morgan fingerprint density at radius 1 is 1.03 bits per heavy atom. The summed E-state index contributed by atoms with van der Waals surface area (Å²) in [5.74, 6) is -0.959. The second-order valence-corrected chi connectivity index (χ2v) is 6.35. The molecule has 10 heteroatoms. The molecule has 10 nitrogen and oxygen atoms in total. The molecule has 0 aliphatic carbocycles. The first-order valence-corrected chi connectivity index (χ1v) is 9.14. The topological polar surface area (TPSA) is 140 Å². The molecule has 32 heavy (non-hydrogen) atoms. The molecule has 162 valence electrons. The Labute approximate surface area is 181 Å². The smallest absolute Gasteiger partial charge is 0.343 e. The number of esters is 1. The van der Waals surface area contributed by atoms with Crippen LogP contribution >= 0.6 is 0 Å². The summed E-state index contributed by atoms with van der Waals surface area (Å²) in [7, 11) is 1.49.